The lowest BCUT2D eigenvalue weighted by molar-refractivity contribution is -0.490. The van der Waals surface area contributed by atoms with Crippen molar-refractivity contribution in [3.05, 3.63) is 10.1 Å². The van der Waals surface area contributed by atoms with Crippen LogP contribution in [0.4, 0.5) is 0 Å². The van der Waals surface area contributed by atoms with Crippen LogP contribution in [0.15, 0.2) is 4.99 Å². The van der Waals surface area contributed by atoms with Crippen molar-refractivity contribution in [1.29, 1.82) is 0 Å². The van der Waals surface area contributed by atoms with Gasteiger partial charge in [-0.3, -0.25) is 15.1 Å². The van der Waals surface area contributed by atoms with E-state index in [2.05, 4.69) is 4.99 Å². The van der Waals surface area contributed by atoms with Gasteiger partial charge < -0.3 is 5.11 Å². The predicted octanol–water partition coefficient (Wildman–Crippen LogP) is 0.252. The molecule has 1 aliphatic heterocycles. The minimum absolute atomic E-state index is 0.115. The summed E-state index contributed by atoms with van der Waals surface area (Å²) in [4.78, 5) is 23.9. The second-order valence-electron chi connectivity index (χ2n) is 2.45. The summed E-state index contributed by atoms with van der Waals surface area (Å²) >= 11 is 1.16. The van der Waals surface area contributed by atoms with E-state index in [-0.39, 0.29) is 5.04 Å². The lowest BCUT2D eigenvalue weighted by atomic mass is 10.3. The van der Waals surface area contributed by atoms with E-state index < -0.39 is 16.9 Å². The first kappa shape index (κ1) is 9.97. The maximum Gasteiger partial charge on any atom is 0.386 e. The van der Waals surface area contributed by atoms with Crippen LogP contribution in [0.25, 0.3) is 0 Å². The average Bonchev–Trinajstić information content (AvgIpc) is 2.04. The van der Waals surface area contributed by atoms with Crippen LogP contribution in [0.2, 0.25) is 0 Å². The summed E-state index contributed by atoms with van der Waals surface area (Å²) in [5, 5.41) is 19.0. The minimum Gasteiger partial charge on any atom is -0.476 e. The number of carbonyl (C=O) groups is 1. The van der Waals surface area contributed by atoms with Gasteiger partial charge in [0.2, 0.25) is 0 Å². The molecule has 0 aromatic heterocycles. The summed E-state index contributed by atoms with van der Waals surface area (Å²) in [5.41, 5.74) is 0. The normalized spacial score (nSPS) is 18.9. The molecule has 72 valence electrons. The molecule has 1 aliphatic rings. The lowest BCUT2D eigenvalue weighted by Gasteiger charge is -2.11. The maximum atomic E-state index is 10.5. The molecular weight excluding hydrogens is 196 g/mol. The van der Waals surface area contributed by atoms with Gasteiger partial charge in [0.25, 0.3) is 0 Å². The first-order chi connectivity index (χ1) is 6.13. The number of hydrogen-bond donors (Lipinski definition) is 1. The van der Waals surface area contributed by atoms with Gasteiger partial charge in [0, 0.05) is 17.2 Å². The van der Waals surface area contributed by atoms with Crippen molar-refractivity contribution in [2.75, 3.05) is 12.3 Å². The van der Waals surface area contributed by atoms with Crippen molar-refractivity contribution >= 4 is 22.8 Å². The van der Waals surface area contributed by atoms with E-state index >= 15 is 0 Å². The molecule has 0 aromatic rings. The fraction of sp³-hybridized carbons (Fsp3) is 0.667. The zero-order chi connectivity index (χ0) is 9.84. The van der Waals surface area contributed by atoms with Crippen LogP contribution >= 0.6 is 11.8 Å². The van der Waals surface area contributed by atoms with Crippen molar-refractivity contribution in [2.24, 2.45) is 4.99 Å². The SMILES string of the molecule is O=C(O)C(C1=NCCCS1)[N+](=O)[O-]. The molecule has 0 aliphatic carbocycles. The highest BCUT2D eigenvalue weighted by Gasteiger charge is 2.36. The Bertz CT molecular complexity index is 251. The summed E-state index contributed by atoms with van der Waals surface area (Å²) in [6.07, 6.45) is 0.845. The summed E-state index contributed by atoms with van der Waals surface area (Å²) in [7, 11) is 0. The minimum atomic E-state index is -1.68. The maximum absolute atomic E-state index is 10.5. The van der Waals surface area contributed by atoms with Gasteiger partial charge in [-0.2, -0.15) is 0 Å². The molecule has 0 radical (unpaired) electrons. The molecule has 0 saturated heterocycles. The highest BCUT2D eigenvalue weighted by Crippen LogP contribution is 2.16. The van der Waals surface area contributed by atoms with Gasteiger partial charge in [0.05, 0.1) is 0 Å². The lowest BCUT2D eigenvalue weighted by Crippen LogP contribution is -2.37. The monoisotopic (exact) mass is 204 g/mol. The zero-order valence-electron chi connectivity index (χ0n) is 6.67. The number of aliphatic imine (C=N–C) groups is 1. The van der Waals surface area contributed by atoms with Crippen molar-refractivity contribution in [3.63, 3.8) is 0 Å². The number of thioether (sulfide) groups is 1. The Labute approximate surface area is 78.2 Å². The summed E-state index contributed by atoms with van der Waals surface area (Å²) < 4.78 is 0. The van der Waals surface area contributed by atoms with Crippen molar-refractivity contribution in [2.45, 2.75) is 12.5 Å². The topological polar surface area (TPSA) is 92.8 Å². The number of hydrogen-bond acceptors (Lipinski definition) is 5. The van der Waals surface area contributed by atoms with E-state index in [0.29, 0.717) is 12.3 Å². The molecule has 1 N–H and O–H groups in total. The molecule has 0 saturated carbocycles. The molecular formula is C6H8N2O4S. The fourth-order valence-electron chi connectivity index (χ4n) is 0.928. The smallest absolute Gasteiger partial charge is 0.386 e. The summed E-state index contributed by atoms with van der Waals surface area (Å²) in [6.45, 7) is 0.486. The van der Waals surface area contributed by atoms with Crippen molar-refractivity contribution in [1.82, 2.24) is 0 Å². The molecule has 1 atom stereocenters. The van der Waals surface area contributed by atoms with Crippen LogP contribution in [0.1, 0.15) is 6.42 Å². The Morgan fingerprint density at radius 3 is 2.85 bits per heavy atom. The van der Waals surface area contributed by atoms with Gasteiger partial charge in [-0.15, -0.1) is 11.8 Å². The summed E-state index contributed by atoms with van der Waals surface area (Å²) in [6, 6.07) is -1.68. The van der Waals surface area contributed by atoms with E-state index in [1.807, 2.05) is 0 Å². The molecule has 7 heteroatoms. The number of carboxylic acid groups (broad SMARTS) is 1. The highest BCUT2D eigenvalue weighted by molar-refractivity contribution is 8.14. The Hall–Kier alpha value is -1.11. The van der Waals surface area contributed by atoms with Crippen molar-refractivity contribution < 1.29 is 14.8 Å². The standard InChI is InChI=1S/C6H8N2O4S/c9-6(10)4(8(11)12)5-7-2-1-3-13-5/h4H,1-3H2,(H,9,10). The number of nitro groups is 1. The van der Waals surface area contributed by atoms with Crippen LogP contribution < -0.4 is 0 Å². The molecule has 1 unspecified atom stereocenters. The largest absolute Gasteiger partial charge is 0.476 e. The highest BCUT2D eigenvalue weighted by atomic mass is 32.2. The summed E-state index contributed by atoms with van der Waals surface area (Å²) in [5.74, 6) is -0.741. The zero-order valence-corrected chi connectivity index (χ0v) is 7.49. The Morgan fingerprint density at radius 1 is 1.77 bits per heavy atom. The molecule has 6 nitrogen and oxygen atoms in total. The quantitative estimate of drug-likeness (QED) is 0.525. The van der Waals surface area contributed by atoms with Crippen LogP contribution in [0.3, 0.4) is 0 Å². The van der Waals surface area contributed by atoms with E-state index in [9.17, 15) is 14.9 Å². The third-order valence-electron chi connectivity index (χ3n) is 1.50. The first-order valence-electron chi connectivity index (χ1n) is 3.66. The number of carboxylic acids is 1. The van der Waals surface area contributed by atoms with Crippen LogP contribution in [0.5, 0.6) is 0 Å². The molecule has 0 amide bonds. The van der Waals surface area contributed by atoms with E-state index in [1.165, 1.54) is 0 Å². The molecule has 1 rings (SSSR count). The molecule has 0 aromatic carbocycles. The molecule has 0 spiro atoms. The third kappa shape index (κ3) is 2.41. The third-order valence-corrected chi connectivity index (χ3v) is 2.64. The van der Waals surface area contributed by atoms with E-state index in [4.69, 9.17) is 5.11 Å². The fourth-order valence-corrected chi connectivity index (χ4v) is 1.94. The van der Waals surface area contributed by atoms with Gasteiger partial charge in [0.1, 0.15) is 0 Å². The van der Waals surface area contributed by atoms with Gasteiger partial charge in [-0.25, -0.2) is 4.79 Å². The van der Waals surface area contributed by atoms with Gasteiger partial charge >= 0.3 is 12.0 Å². The Balaban J connectivity index is 2.80. The average molecular weight is 204 g/mol. The second kappa shape index (κ2) is 4.22. The number of rotatable bonds is 3. The Morgan fingerprint density at radius 2 is 2.46 bits per heavy atom. The van der Waals surface area contributed by atoms with Crippen LogP contribution in [0, 0.1) is 10.1 Å². The molecule has 0 fully saturated rings. The number of aliphatic carboxylic acids is 1. The van der Waals surface area contributed by atoms with Gasteiger partial charge in [-0.05, 0) is 6.42 Å². The van der Waals surface area contributed by atoms with Gasteiger partial charge in [0.15, 0.2) is 5.04 Å². The van der Waals surface area contributed by atoms with Crippen LogP contribution in [-0.2, 0) is 4.79 Å². The Kier molecular flexibility index (Phi) is 3.24. The van der Waals surface area contributed by atoms with Gasteiger partial charge in [-0.1, -0.05) is 0 Å². The molecule has 13 heavy (non-hydrogen) atoms. The van der Waals surface area contributed by atoms with Crippen LogP contribution in [-0.4, -0.2) is 39.4 Å². The number of nitrogens with zero attached hydrogens (tertiary/aromatic N) is 2. The van der Waals surface area contributed by atoms with Crippen molar-refractivity contribution in [3.8, 4) is 0 Å². The second-order valence-corrected chi connectivity index (χ2v) is 3.56. The molecule has 0 bridgehead atoms. The van der Waals surface area contributed by atoms with E-state index in [0.717, 1.165) is 18.2 Å². The van der Waals surface area contributed by atoms with E-state index in [1.54, 1.807) is 0 Å². The molecule has 1 heterocycles. The predicted molar refractivity (Wildman–Crippen MR) is 47.8 cm³/mol. The first-order valence-corrected chi connectivity index (χ1v) is 4.65.